The van der Waals surface area contributed by atoms with E-state index in [0.29, 0.717) is 29.0 Å². The molecule has 3 N–H and O–H groups in total. The van der Waals surface area contributed by atoms with Gasteiger partial charge in [0.1, 0.15) is 16.9 Å². The van der Waals surface area contributed by atoms with Crippen LogP contribution in [-0.4, -0.2) is 63.7 Å². The molecular weight excluding hydrogens is 442 g/mol. The summed E-state index contributed by atoms with van der Waals surface area (Å²) in [5.74, 6) is 1.60. The van der Waals surface area contributed by atoms with Crippen LogP contribution < -0.4 is 10.2 Å². The van der Waals surface area contributed by atoms with Gasteiger partial charge in [0.05, 0.1) is 18.6 Å². The van der Waals surface area contributed by atoms with Crippen LogP contribution in [0.2, 0.25) is 0 Å². The van der Waals surface area contributed by atoms with Crippen molar-refractivity contribution in [3.63, 3.8) is 0 Å². The van der Waals surface area contributed by atoms with Crippen LogP contribution in [0.25, 0.3) is 5.52 Å². The van der Waals surface area contributed by atoms with E-state index in [1.807, 2.05) is 24.4 Å². The summed E-state index contributed by atoms with van der Waals surface area (Å²) < 4.78 is 5.68. The number of hydrogen-bond acceptors (Lipinski definition) is 10. The molecule has 1 saturated heterocycles. The minimum Gasteiger partial charge on any atom is -0.391 e. The number of H-pyrrole nitrogens is 1. The zero-order valence-electron chi connectivity index (χ0n) is 18.0. The number of nitrogens with zero attached hydrogens (tertiary/aromatic N) is 7. The third-order valence-corrected chi connectivity index (χ3v) is 7.15. The number of Topliss-reactive ketones (excluding diaryl/α,β-unsaturated/α-hetero) is 1. The van der Waals surface area contributed by atoms with Crippen LogP contribution in [0, 0.1) is 0 Å². The molecule has 0 amide bonds. The molecule has 5 heterocycles. The maximum Gasteiger partial charge on any atom is 0.246 e. The minimum atomic E-state index is -0.637. The molecule has 2 fully saturated rings. The Morgan fingerprint density at radius 3 is 3.09 bits per heavy atom. The van der Waals surface area contributed by atoms with Gasteiger partial charge in [-0.25, -0.2) is 9.50 Å². The summed E-state index contributed by atoms with van der Waals surface area (Å²) in [6.45, 7) is 2.50. The van der Waals surface area contributed by atoms with Gasteiger partial charge in [-0.2, -0.15) is 14.5 Å². The first-order chi connectivity index (χ1) is 16.0. The Morgan fingerprint density at radius 2 is 2.30 bits per heavy atom. The summed E-state index contributed by atoms with van der Waals surface area (Å²) in [6.07, 6.45) is 5.44. The molecule has 2 aliphatic rings. The first-order valence-corrected chi connectivity index (χ1v) is 11.7. The van der Waals surface area contributed by atoms with E-state index in [4.69, 9.17) is 4.98 Å². The van der Waals surface area contributed by atoms with E-state index in [9.17, 15) is 9.90 Å². The second-order valence-corrected chi connectivity index (χ2v) is 9.85. The Labute approximate surface area is 193 Å². The number of aromatic amines is 1. The fourth-order valence-corrected chi connectivity index (χ4v) is 4.81. The van der Waals surface area contributed by atoms with Crippen molar-refractivity contribution in [3.05, 3.63) is 41.4 Å². The van der Waals surface area contributed by atoms with Gasteiger partial charge in [0, 0.05) is 36.3 Å². The SMILES string of the molecule is CC1(c2cc(Nc3nc(N4C[C@@H](O)C[C@H]4C(=O)Cc4ncns4)nn4cccc34)n[nH]2)CC1. The van der Waals surface area contributed by atoms with Crippen LogP contribution in [0.4, 0.5) is 17.6 Å². The molecule has 33 heavy (non-hydrogen) atoms. The minimum absolute atomic E-state index is 0.0383. The normalized spacial score (nSPS) is 21.6. The Morgan fingerprint density at radius 1 is 1.42 bits per heavy atom. The number of rotatable bonds is 7. The summed E-state index contributed by atoms with van der Waals surface area (Å²) in [7, 11) is 0. The Hall–Kier alpha value is -3.38. The monoisotopic (exact) mass is 465 g/mol. The lowest BCUT2D eigenvalue weighted by Crippen LogP contribution is -2.38. The molecule has 1 aliphatic carbocycles. The number of aromatic nitrogens is 7. The second kappa shape index (κ2) is 7.59. The van der Waals surface area contributed by atoms with Gasteiger partial charge >= 0.3 is 0 Å². The van der Waals surface area contributed by atoms with Crippen LogP contribution in [0.15, 0.2) is 30.7 Å². The van der Waals surface area contributed by atoms with E-state index in [0.717, 1.165) is 24.1 Å². The summed E-state index contributed by atoms with van der Waals surface area (Å²) in [5, 5.41) is 26.5. The highest BCUT2D eigenvalue weighted by molar-refractivity contribution is 7.05. The van der Waals surface area contributed by atoms with Gasteiger partial charge in [0.15, 0.2) is 17.4 Å². The lowest BCUT2D eigenvalue weighted by molar-refractivity contribution is -0.119. The van der Waals surface area contributed by atoms with Crippen LogP contribution in [-0.2, 0) is 16.6 Å². The van der Waals surface area contributed by atoms with Gasteiger partial charge < -0.3 is 15.3 Å². The average molecular weight is 466 g/mol. The van der Waals surface area contributed by atoms with Crippen molar-refractivity contribution in [2.75, 3.05) is 16.8 Å². The number of carbonyl (C=O) groups excluding carboxylic acids is 1. The summed E-state index contributed by atoms with van der Waals surface area (Å²) >= 11 is 1.20. The first-order valence-electron chi connectivity index (χ1n) is 10.9. The average Bonchev–Trinajstić information content (AvgIpc) is 3.34. The second-order valence-electron chi connectivity index (χ2n) is 8.99. The number of ketones is 1. The molecule has 1 saturated carbocycles. The third kappa shape index (κ3) is 3.74. The molecule has 12 heteroatoms. The van der Waals surface area contributed by atoms with E-state index >= 15 is 0 Å². The van der Waals surface area contributed by atoms with Crippen LogP contribution in [0.3, 0.4) is 0 Å². The molecule has 0 spiro atoms. The lowest BCUT2D eigenvalue weighted by Gasteiger charge is -2.23. The van der Waals surface area contributed by atoms with Crippen molar-refractivity contribution in [2.45, 2.75) is 50.2 Å². The van der Waals surface area contributed by atoms with E-state index < -0.39 is 12.1 Å². The molecule has 170 valence electrons. The van der Waals surface area contributed by atoms with E-state index in [2.05, 4.69) is 36.9 Å². The van der Waals surface area contributed by atoms with Crippen molar-refractivity contribution in [1.29, 1.82) is 0 Å². The molecular formula is C21H23N9O2S. The molecule has 4 aromatic rings. The molecule has 11 nitrogen and oxygen atoms in total. The first kappa shape index (κ1) is 20.2. The molecule has 0 aromatic carbocycles. The van der Waals surface area contributed by atoms with Gasteiger partial charge in [0.25, 0.3) is 0 Å². The zero-order chi connectivity index (χ0) is 22.6. The van der Waals surface area contributed by atoms with Crippen LogP contribution >= 0.6 is 11.5 Å². The Kier molecular flexibility index (Phi) is 4.66. The molecule has 0 radical (unpaired) electrons. The highest BCUT2D eigenvalue weighted by Gasteiger charge is 2.41. The fourth-order valence-electron chi connectivity index (χ4n) is 4.29. The van der Waals surface area contributed by atoms with Crippen molar-refractivity contribution in [1.82, 2.24) is 34.2 Å². The Balaban J connectivity index is 1.31. The number of aliphatic hydroxyl groups excluding tert-OH is 1. The molecule has 0 unspecified atom stereocenters. The van der Waals surface area contributed by atoms with Gasteiger partial charge in [-0.1, -0.05) is 6.92 Å². The maximum atomic E-state index is 13.0. The summed E-state index contributed by atoms with van der Waals surface area (Å²) in [5.41, 5.74) is 2.08. The number of nitrogens with one attached hydrogen (secondary N) is 2. The van der Waals surface area contributed by atoms with Crippen molar-refractivity contribution in [3.8, 4) is 0 Å². The largest absolute Gasteiger partial charge is 0.391 e. The molecule has 1 aliphatic heterocycles. The smallest absolute Gasteiger partial charge is 0.246 e. The topological polar surface area (TPSA) is 137 Å². The maximum absolute atomic E-state index is 13.0. The number of aliphatic hydroxyl groups is 1. The predicted octanol–water partition coefficient (Wildman–Crippen LogP) is 1.85. The van der Waals surface area contributed by atoms with E-state index in [-0.39, 0.29) is 24.2 Å². The van der Waals surface area contributed by atoms with Crippen molar-refractivity contribution < 1.29 is 9.90 Å². The van der Waals surface area contributed by atoms with Crippen molar-refractivity contribution >= 4 is 40.4 Å². The lowest BCUT2D eigenvalue weighted by atomic mass is 10.1. The van der Waals surface area contributed by atoms with E-state index in [1.165, 1.54) is 17.9 Å². The molecule has 4 aromatic heterocycles. The quantitative estimate of drug-likeness (QED) is 0.373. The number of anilines is 3. The third-order valence-electron chi connectivity index (χ3n) is 6.49. The number of fused-ring (bicyclic) bond motifs is 1. The zero-order valence-corrected chi connectivity index (χ0v) is 18.8. The molecule has 2 atom stereocenters. The Bertz CT molecular complexity index is 1310. The number of hydrogen-bond donors (Lipinski definition) is 3. The number of β-amino-alcohol motifs (C(OH)–C–C–N with tert-alkyl or cyclic N) is 1. The highest BCUT2D eigenvalue weighted by Crippen LogP contribution is 2.47. The van der Waals surface area contributed by atoms with Gasteiger partial charge in [-0.05, 0) is 36.5 Å². The highest BCUT2D eigenvalue weighted by atomic mass is 32.1. The number of carbonyl (C=O) groups is 1. The van der Waals surface area contributed by atoms with Crippen LogP contribution in [0.1, 0.15) is 36.9 Å². The summed E-state index contributed by atoms with van der Waals surface area (Å²) in [4.78, 5) is 23.7. The van der Waals surface area contributed by atoms with Gasteiger partial charge in [-0.3, -0.25) is 9.89 Å². The van der Waals surface area contributed by atoms with Gasteiger partial charge in [0.2, 0.25) is 5.95 Å². The predicted molar refractivity (Wildman–Crippen MR) is 122 cm³/mol. The molecule has 6 rings (SSSR count). The standard InChI is InChI=1S/C21H23N9O2S/c1-21(4-5-21)16-9-17(27-26-16)24-19-13-3-2-6-30(13)28-20(25-19)29-10-12(31)7-14(29)15(32)8-18-22-11-23-33-18/h2-3,6,9,11-12,14,31H,4-5,7-8,10H2,1H3,(H2,24,25,26,27,28)/t12-,14-/m0/s1. The van der Waals surface area contributed by atoms with Crippen molar-refractivity contribution in [2.24, 2.45) is 0 Å². The fraction of sp³-hybridized carbons (Fsp3) is 0.429. The summed E-state index contributed by atoms with van der Waals surface area (Å²) in [6, 6.07) is 5.29. The van der Waals surface area contributed by atoms with Gasteiger partial charge in [-0.15, -0.1) is 5.10 Å². The van der Waals surface area contributed by atoms with E-state index in [1.54, 1.807) is 9.42 Å². The molecule has 0 bridgehead atoms. The van der Waals surface area contributed by atoms with Crippen LogP contribution in [0.5, 0.6) is 0 Å².